The van der Waals surface area contributed by atoms with Crippen LogP contribution in [0.4, 0.5) is 14.9 Å². The number of hydrogen-bond acceptors (Lipinski definition) is 5. The largest absolute Gasteiger partial charge is 0.347 e. The Bertz CT molecular complexity index is 1290. The van der Waals surface area contributed by atoms with Gasteiger partial charge in [-0.2, -0.15) is 5.26 Å². The van der Waals surface area contributed by atoms with Gasteiger partial charge in [0.1, 0.15) is 5.82 Å². The molecule has 4 amide bonds. The molecule has 0 bridgehead atoms. The summed E-state index contributed by atoms with van der Waals surface area (Å²) >= 11 is 0. The first kappa shape index (κ1) is 28.0. The van der Waals surface area contributed by atoms with Crippen LogP contribution in [0.3, 0.4) is 0 Å². The molecule has 10 heteroatoms. The smallest absolute Gasteiger partial charge is 0.319 e. The van der Waals surface area contributed by atoms with E-state index in [-0.39, 0.29) is 35.1 Å². The summed E-state index contributed by atoms with van der Waals surface area (Å²) < 4.78 is 14.7. The summed E-state index contributed by atoms with van der Waals surface area (Å²) in [4.78, 5) is 41.5. The third-order valence-corrected chi connectivity index (χ3v) is 6.89. The van der Waals surface area contributed by atoms with Crippen LogP contribution in [0, 0.1) is 22.6 Å². The summed E-state index contributed by atoms with van der Waals surface area (Å²) in [6, 6.07) is 13.1. The Hall–Kier alpha value is -3.97. The Morgan fingerprint density at radius 2 is 1.74 bits per heavy atom. The minimum Gasteiger partial charge on any atom is -0.347 e. The molecule has 2 aromatic carbocycles. The Morgan fingerprint density at radius 1 is 1.03 bits per heavy atom. The van der Waals surface area contributed by atoms with Crippen molar-refractivity contribution in [2.45, 2.75) is 45.7 Å². The molecule has 1 heterocycles. The van der Waals surface area contributed by atoms with E-state index in [4.69, 9.17) is 5.26 Å². The lowest BCUT2D eigenvalue weighted by Crippen LogP contribution is -2.48. The lowest BCUT2D eigenvalue weighted by Gasteiger charge is -2.35. The van der Waals surface area contributed by atoms with Gasteiger partial charge < -0.3 is 20.9 Å². The van der Waals surface area contributed by atoms with E-state index in [1.165, 1.54) is 12.1 Å². The number of rotatable bonds is 7. The first-order chi connectivity index (χ1) is 18.5. The number of urea groups is 1. The summed E-state index contributed by atoms with van der Waals surface area (Å²) in [6.45, 7) is 8.99. The number of carbonyl (C=O) groups is 3. The zero-order chi connectivity index (χ0) is 28.2. The van der Waals surface area contributed by atoms with Crippen molar-refractivity contribution in [2.75, 3.05) is 38.0 Å². The van der Waals surface area contributed by atoms with Gasteiger partial charge in [-0.05, 0) is 69.5 Å². The van der Waals surface area contributed by atoms with Crippen LogP contribution in [0.25, 0.3) is 0 Å². The maximum atomic E-state index is 14.7. The van der Waals surface area contributed by atoms with Gasteiger partial charge in [-0.25, -0.2) is 9.18 Å². The third kappa shape index (κ3) is 7.54. The summed E-state index contributed by atoms with van der Waals surface area (Å²) in [5.41, 5.74) is 0.999. The van der Waals surface area contributed by atoms with Crippen LogP contribution in [0.2, 0.25) is 0 Å². The van der Waals surface area contributed by atoms with Gasteiger partial charge in [0.25, 0.3) is 11.8 Å². The summed E-state index contributed by atoms with van der Waals surface area (Å²) in [6.07, 6.45) is 1.49. The third-order valence-electron chi connectivity index (χ3n) is 6.89. The lowest BCUT2D eigenvalue weighted by atomic mass is 10.1. The SMILES string of the molecule is CC(C)(C)NC(=O)c1cccc(CN2CCN(C(=O)c3ccc(NC(=O)NCC4(C#N)CC4)c(F)c3)CC2)c1. The zero-order valence-corrected chi connectivity index (χ0v) is 22.6. The maximum absolute atomic E-state index is 14.7. The number of nitrogens with zero attached hydrogens (tertiary/aromatic N) is 3. The fraction of sp³-hybridized carbons (Fsp3) is 0.448. The molecule has 2 fully saturated rings. The van der Waals surface area contributed by atoms with Crippen molar-refractivity contribution in [3.05, 3.63) is 65.0 Å². The highest BCUT2D eigenvalue weighted by Gasteiger charge is 2.43. The molecule has 0 aromatic heterocycles. The molecular weight excluding hydrogens is 499 g/mol. The number of benzene rings is 2. The first-order valence-corrected chi connectivity index (χ1v) is 13.2. The van der Waals surface area contributed by atoms with Gasteiger partial charge in [-0.3, -0.25) is 14.5 Å². The molecule has 2 aromatic rings. The standard InChI is InChI=1S/C29H35FN6O3/c1-28(2,3)34-25(37)21-6-4-5-20(15-21)17-35-11-13-36(14-12-35)26(38)22-7-8-24(23(30)16-22)33-27(39)32-19-29(18-31)9-10-29/h4-8,15-16H,9-14,17,19H2,1-3H3,(H,34,37)(H2,32,33,39). The van der Waals surface area contributed by atoms with Gasteiger partial charge in [0.2, 0.25) is 0 Å². The summed E-state index contributed by atoms with van der Waals surface area (Å²) in [5.74, 6) is -1.08. The Kier molecular flexibility index (Phi) is 8.21. The van der Waals surface area contributed by atoms with Crippen LogP contribution in [-0.4, -0.2) is 65.9 Å². The number of nitriles is 1. The molecule has 1 aliphatic heterocycles. The number of halogens is 1. The molecule has 39 heavy (non-hydrogen) atoms. The molecular formula is C29H35FN6O3. The average Bonchev–Trinajstić information content (AvgIpc) is 3.68. The highest BCUT2D eigenvalue weighted by Crippen LogP contribution is 2.44. The van der Waals surface area contributed by atoms with E-state index >= 15 is 0 Å². The van der Waals surface area contributed by atoms with E-state index in [0.717, 1.165) is 24.5 Å². The molecule has 1 saturated carbocycles. The van der Waals surface area contributed by atoms with E-state index in [2.05, 4.69) is 26.9 Å². The molecule has 0 spiro atoms. The molecule has 0 radical (unpaired) electrons. The van der Waals surface area contributed by atoms with Crippen molar-refractivity contribution in [2.24, 2.45) is 5.41 Å². The van der Waals surface area contributed by atoms with Crippen LogP contribution in [0.5, 0.6) is 0 Å². The van der Waals surface area contributed by atoms with Gasteiger partial charge in [0.15, 0.2) is 0 Å². The van der Waals surface area contributed by atoms with Crippen LogP contribution in [0.15, 0.2) is 42.5 Å². The lowest BCUT2D eigenvalue weighted by molar-refractivity contribution is 0.0627. The highest BCUT2D eigenvalue weighted by molar-refractivity contribution is 5.96. The van der Waals surface area contributed by atoms with Gasteiger partial charge >= 0.3 is 6.03 Å². The second kappa shape index (κ2) is 11.4. The van der Waals surface area contributed by atoms with E-state index in [1.54, 1.807) is 11.0 Å². The second-order valence-electron chi connectivity index (χ2n) is 11.4. The van der Waals surface area contributed by atoms with E-state index in [9.17, 15) is 18.8 Å². The van der Waals surface area contributed by atoms with Gasteiger partial charge in [0, 0.05) is 55.9 Å². The maximum Gasteiger partial charge on any atom is 0.319 e. The molecule has 206 valence electrons. The molecule has 0 unspecified atom stereocenters. The number of carbonyl (C=O) groups excluding carboxylic acids is 3. The number of hydrogen-bond donors (Lipinski definition) is 3. The molecule has 9 nitrogen and oxygen atoms in total. The van der Waals surface area contributed by atoms with Crippen LogP contribution in [-0.2, 0) is 6.54 Å². The van der Waals surface area contributed by atoms with Crippen LogP contribution < -0.4 is 16.0 Å². The number of piperazine rings is 1. The average molecular weight is 535 g/mol. The fourth-order valence-electron chi connectivity index (χ4n) is 4.42. The molecule has 1 aliphatic carbocycles. The van der Waals surface area contributed by atoms with Crippen molar-refractivity contribution in [1.29, 1.82) is 5.26 Å². The highest BCUT2D eigenvalue weighted by atomic mass is 19.1. The Morgan fingerprint density at radius 3 is 2.36 bits per heavy atom. The Labute approximate surface area is 228 Å². The zero-order valence-electron chi connectivity index (χ0n) is 22.6. The minimum atomic E-state index is -0.702. The van der Waals surface area contributed by atoms with Crippen molar-refractivity contribution < 1.29 is 18.8 Å². The minimum absolute atomic E-state index is 0.0333. The normalized spacial score (nSPS) is 16.6. The van der Waals surface area contributed by atoms with Crippen molar-refractivity contribution >= 4 is 23.5 Å². The summed E-state index contributed by atoms with van der Waals surface area (Å²) in [5, 5.41) is 17.1. The van der Waals surface area contributed by atoms with Gasteiger partial charge in [-0.1, -0.05) is 12.1 Å². The van der Waals surface area contributed by atoms with Gasteiger partial charge in [0.05, 0.1) is 17.2 Å². The quantitative estimate of drug-likeness (QED) is 0.500. The van der Waals surface area contributed by atoms with E-state index in [1.807, 2.05) is 39.0 Å². The van der Waals surface area contributed by atoms with E-state index < -0.39 is 17.3 Å². The second-order valence-corrected chi connectivity index (χ2v) is 11.4. The number of anilines is 1. The number of amides is 4. The predicted octanol–water partition coefficient (Wildman–Crippen LogP) is 3.74. The molecule has 2 aliphatic rings. The summed E-state index contributed by atoms with van der Waals surface area (Å²) in [7, 11) is 0. The molecule has 4 rings (SSSR count). The topological polar surface area (TPSA) is 118 Å². The van der Waals surface area contributed by atoms with Crippen molar-refractivity contribution in [3.8, 4) is 6.07 Å². The molecule has 1 saturated heterocycles. The van der Waals surface area contributed by atoms with Crippen LogP contribution in [0.1, 0.15) is 59.9 Å². The van der Waals surface area contributed by atoms with Crippen LogP contribution >= 0.6 is 0 Å². The molecule has 3 N–H and O–H groups in total. The molecule has 0 atom stereocenters. The van der Waals surface area contributed by atoms with Crippen molar-refractivity contribution in [3.63, 3.8) is 0 Å². The Balaban J connectivity index is 1.27. The first-order valence-electron chi connectivity index (χ1n) is 13.2. The fourth-order valence-corrected chi connectivity index (χ4v) is 4.42. The monoisotopic (exact) mass is 534 g/mol. The van der Waals surface area contributed by atoms with E-state index in [0.29, 0.717) is 38.3 Å². The van der Waals surface area contributed by atoms with Gasteiger partial charge in [-0.15, -0.1) is 0 Å². The number of nitrogens with one attached hydrogen (secondary N) is 3. The van der Waals surface area contributed by atoms with Crippen molar-refractivity contribution in [1.82, 2.24) is 20.4 Å². The predicted molar refractivity (Wildman–Crippen MR) is 146 cm³/mol.